The van der Waals surface area contributed by atoms with E-state index in [0.29, 0.717) is 12.1 Å². The van der Waals surface area contributed by atoms with E-state index in [-0.39, 0.29) is 5.56 Å². The summed E-state index contributed by atoms with van der Waals surface area (Å²) < 4.78 is 40.5. The van der Waals surface area contributed by atoms with Gasteiger partial charge in [-0.1, -0.05) is 47.1 Å². The van der Waals surface area contributed by atoms with Gasteiger partial charge in [-0.05, 0) is 17.5 Å². The van der Waals surface area contributed by atoms with E-state index in [1.54, 1.807) is 6.07 Å². The second-order valence-electron chi connectivity index (χ2n) is 4.20. The lowest BCUT2D eigenvalue weighted by Crippen LogP contribution is -2.04. The summed E-state index contributed by atoms with van der Waals surface area (Å²) in [7, 11) is 0. The molecule has 0 N–H and O–H groups in total. The highest BCUT2D eigenvalue weighted by molar-refractivity contribution is 9.09. The van der Waals surface area contributed by atoms with Gasteiger partial charge in [0.2, 0.25) is 0 Å². The average Bonchev–Trinajstić information content (AvgIpc) is 2.37. The first-order valence-corrected chi connectivity index (χ1v) is 6.82. The van der Waals surface area contributed by atoms with Gasteiger partial charge in [-0.15, -0.1) is 0 Å². The Morgan fingerprint density at radius 2 is 1.63 bits per heavy atom. The normalized spacial score (nSPS) is 12.5. The van der Waals surface area contributed by atoms with E-state index in [4.69, 9.17) is 0 Å². The van der Waals surface area contributed by atoms with Crippen LogP contribution in [0.5, 0.6) is 0 Å². The van der Waals surface area contributed by atoms with Crippen LogP contribution >= 0.6 is 15.9 Å². The molecule has 0 bridgehead atoms. The Balaban J connectivity index is 2.53. The molecule has 2 aromatic rings. The number of hydrogen-bond acceptors (Lipinski definition) is 0. The summed E-state index contributed by atoms with van der Waals surface area (Å²) in [6.07, 6.45) is 0.753. The van der Waals surface area contributed by atoms with Crippen molar-refractivity contribution in [3.05, 3.63) is 70.5 Å². The molecule has 2 rings (SSSR count). The Hall–Kier alpha value is -1.29. The standard InChI is InChI=1S/C15H12BrF3/c1-2-9-5-3-4-6-11(9)15(16)14-12(18)7-10(17)8-13(14)19/h3-8,15H,2H2,1H3. The van der Waals surface area contributed by atoms with E-state index >= 15 is 0 Å². The number of benzene rings is 2. The minimum absolute atomic E-state index is 0.165. The zero-order valence-corrected chi connectivity index (χ0v) is 11.8. The average molecular weight is 329 g/mol. The fraction of sp³-hybridized carbons (Fsp3) is 0.200. The second-order valence-corrected chi connectivity index (χ2v) is 5.11. The van der Waals surface area contributed by atoms with Crippen molar-refractivity contribution in [3.63, 3.8) is 0 Å². The molecule has 0 aromatic heterocycles. The SMILES string of the molecule is CCc1ccccc1C(Br)c1c(F)cc(F)cc1F. The Labute approximate surface area is 118 Å². The third kappa shape index (κ3) is 2.84. The summed E-state index contributed by atoms with van der Waals surface area (Å²) in [4.78, 5) is -0.635. The fourth-order valence-electron chi connectivity index (χ4n) is 2.05. The maximum atomic E-state index is 13.8. The van der Waals surface area contributed by atoms with E-state index in [1.807, 2.05) is 25.1 Å². The van der Waals surface area contributed by atoms with E-state index in [9.17, 15) is 13.2 Å². The van der Waals surface area contributed by atoms with Gasteiger partial charge in [0.1, 0.15) is 17.5 Å². The summed E-state index contributed by atoms with van der Waals surface area (Å²) in [5.74, 6) is -2.68. The zero-order chi connectivity index (χ0) is 14.0. The highest BCUT2D eigenvalue weighted by atomic mass is 79.9. The number of alkyl halides is 1. The predicted molar refractivity (Wildman–Crippen MR) is 72.9 cm³/mol. The summed E-state index contributed by atoms with van der Waals surface area (Å²) in [6.45, 7) is 1.97. The largest absolute Gasteiger partial charge is 0.207 e. The molecule has 0 radical (unpaired) electrons. The van der Waals surface area contributed by atoms with Crippen LogP contribution < -0.4 is 0 Å². The lowest BCUT2D eigenvalue weighted by atomic mass is 9.97. The minimum atomic E-state index is -0.915. The number of aryl methyl sites for hydroxylation is 1. The maximum Gasteiger partial charge on any atom is 0.133 e. The molecule has 2 aromatic carbocycles. The number of rotatable bonds is 3. The molecule has 0 saturated carbocycles. The van der Waals surface area contributed by atoms with Crippen LogP contribution in [0.25, 0.3) is 0 Å². The quantitative estimate of drug-likeness (QED) is 0.683. The number of hydrogen-bond donors (Lipinski definition) is 0. The van der Waals surface area contributed by atoms with Gasteiger partial charge >= 0.3 is 0 Å². The van der Waals surface area contributed by atoms with Crippen LogP contribution in [-0.2, 0) is 6.42 Å². The molecule has 0 nitrogen and oxygen atoms in total. The van der Waals surface area contributed by atoms with Gasteiger partial charge in [-0.25, -0.2) is 13.2 Å². The van der Waals surface area contributed by atoms with Crippen molar-refractivity contribution in [2.45, 2.75) is 18.2 Å². The first-order valence-electron chi connectivity index (χ1n) is 5.91. The predicted octanol–water partition coefficient (Wildman–Crippen LogP) is 5.15. The number of halogens is 4. The minimum Gasteiger partial charge on any atom is -0.207 e. The third-order valence-corrected chi connectivity index (χ3v) is 3.96. The topological polar surface area (TPSA) is 0 Å². The van der Waals surface area contributed by atoms with Crippen molar-refractivity contribution < 1.29 is 13.2 Å². The van der Waals surface area contributed by atoms with Crippen LogP contribution in [0.1, 0.15) is 28.4 Å². The van der Waals surface area contributed by atoms with E-state index in [1.165, 1.54) is 0 Å². The van der Waals surface area contributed by atoms with Gasteiger partial charge in [-0.2, -0.15) is 0 Å². The van der Waals surface area contributed by atoms with Crippen molar-refractivity contribution >= 4 is 15.9 Å². The molecule has 0 saturated heterocycles. The van der Waals surface area contributed by atoms with Gasteiger partial charge in [0.15, 0.2) is 0 Å². The van der Waals surface area contributed by atoms with E-state index in [2.05, 4.69) is 15.9 Å². The molecule has 0 heterocycles. The van der Waals surface area contributed by atoms with Crippen LogP contribution in [0, 0.1) is 17.5 Å². The smallest absolute Gasteiger partial charge is 0.133 e. The van der Waals surface area contributed by atoms with Crippen molar-refractivity contribution in [1.29, 1.82) is 0 Å². The van der Waals surface area contributed by atoms with E-state index < -0.39 is 22.3 Å². The summed E-state index contributed by atoms with van der Waals surface area (Å²) >= 11 is 3.31. The summed E-state index contributed by atoms with van der Waals surface area (Å²) in [5, 5.41) is 0. The Bertz CT molecular complexity index is 573. The Morgan fingerprint density at radius 1 is 1.05 bits per heavy atom. The highest BCUT2D eigenvalue weighted by Crippen LogP contribution is 2.36. The van der Waals surface area contributed by atoms with Crippen LogP contribution in [0.4, 0.5) is 13.2 Å². The third-order valence-electron chi connectivity index (χ3n) is 3.01. The molecule has 0 amide bonds. The molecule has 0 spiro atoms. The van der Waals surface area contributed by atoms with Crippen molar-refractivity contribution in [2.24, 2.45) is 0 Å². The van der Waals surface area contributed by atoms with Gasteiger partial charge < -0.3 is 0 Å². The van der Waals surface area contributed by atoms with Gasteiger partial charge in [0.05, 0.1) is 4.83 Å². The van der Waals surface area contributed by atoms with Crippen molar-refractivity contribution in [1.82, 2.24) is 0 Å². The van der Waals surface area contributed by atoms with Crippen LogP contribution in [0.15, 0.2) is 36.4 Å². The maximum absolute atomic E-state index is 13.8. The monoisotopic (exact) mass is 328 g/mol. The molecule has 1 atom stereocenters. The molecule has 4 heteroatoms. The highest BCUT2D eigenvalue weighted by Gasteiger charge is 2.22. The lowest BCUT2D eigenvalue weighted by Gasteiger charge is -2.16. The molecule has 0 aliphatic heterocycles. The van der Waals surface area contributed by atoms with Crippen LogP contribution in [-0.4, -0.2) is 0 Å². The molecule has 19 heavy (non-hydrogen) atoms. The first kappa shape index (κ1) is 14.1. The van der Waals surface area contributed by atoms with Crippen LogP contribution in [0.2, 0.25) is 0 Å². The molecule has 1 unspecified atom stereocenters. The zero-order valence-electron chi connectivity index (χ0n) is 10.3. The van der Waals surface area contributed by atoms with Crippen molar-refractivity contribution in [2.75, 3.05) is 0 Å². The fourth-order valence-corrected chi connectivity index (χ4v) is 2.94. The Morgan fingerprint density at radius 3 is 2.21 bits per heavy atom. The lowest BCUT2D eigenvalue weighted by molar-refractivity contribution is 0.527. The summed E-state index contributed by atoms with van der Waals surface area (Å²) in [6, 6.07) is 8.79. The van der Waals surface area contributed by atoms with Gasteiger partial charge in [-0.3, -0.25) is 0 Å². The van der Waals surface area contributed by atoms with Gasteiger partial charge in [0, 0.05) is 17.7 Å². The van der Waals surface area contributed by atoms with Crippen LogP contribution in [0.3, 0.4) is 0 Å². The molecule has 0 aliphatic rings. The molecule has 0 fully saturated rings. The molecule has 100 valence electrons. The summed E-state index contributed by atoms with van der Waals surface area (Å²) in [5.41, 5.74) is 1.62. The first-order chi connectivity index (χ1) is 9.04. The molecular weight excluding hydrogens is 317 g/mol. The van der Waals surface area contributed by atoms with E-state index in [0.717, 1.165) is 17.5 Å². The van der Waals surface area contributed by atoms with Gasteiger partial charge in [0.25, 0.3) is 0 Å². The van der Waals surface area contributed by atoms with Crippen molar-refractivity contribution in [3.8, 4) is 0 Å². The molecule has 0 aliphatic carbocycles. The molecular formula is C15H12BrF3. The second kappa shape index (κ2) is 5.78. The Kier molecular flexibility index (Phi) is 4.30.